The molecule has 0 aliphatic rings. The molecular formula is C56H39NOSi. The highest BCUT2D eigenvalue weighted by Crippen LogP contribution is 2.46. The van der Waals surface area contributed by atoms with E-state index in [1.54, 1.807) is 0 Å². The summed E-state index contributed by atoms with van der Waals surface area (Å²) in [5.74, 6) is 0. The van der Waals surface area contributed by atoms with Gasteiger partial charge in [0.2, 0.25) is 0 Å². The maximum atomic E-state index is 6.69. The summed E-state index contributed by atoms with van der Waals surface area (Å²) in [4.78, 5) is 2.40. The molecule has 3 heteroatoms. The molecule has 59 heavy (non-hydrogen) atoms. The Morgan fingerprint density at radius 3 is 1.42 bits per heavy atom. The van der Waals surface area contributed by atoms with Crippen molar-refractivity contribution >= 4 is 89.4 Å². The molecule has 0 aliphatic heterocycles. The first-order chi connectivity index (χ1) is 29.3. The first-order valence-electron chi connectivity index (χ1n) is 20.3. The Labute approximate surface area is 344 Å². The number of hydrogen-bond acceptors (Lipinski definition) is 2. The lowest BCUT2D eigenvalue weighted by molar-refractivity contribution is 0.672. The Bertz CT molecular complexity index is 3150. The van der Waals surface area contributed by atoms with E-state index in [-0.39, 0.29) is 0 Å². The highest BCUT2D eigenvalue weighted by molar-refractivity contribution is 7.19. The third-order valence-corrected chi connectivity index (χ3v) is 16.8. The van der Waals surface area contributed by atoms with E-state index in [0.29, 0.717) is 0 Å². The van der Waals surface area contributed by atoms with Crippen molar-refractivity contribution in [3.05, 3.63) is 237 Å². The molecule has 0 amide bonds. The molecule has 0 aliphatic carbocycles. The minimum absolute atomic E-state index is 0.872. The molecule has 11 aromatic rings. The third-order valence-electron chi connectivity index (χ3n) is 12.0. The second kappa shape index (κ2) is 14.5. The van der Waals surface area contributed by atoms with Crippen molar-refractivity contribution in [2.45, 2.75) is 0 Å². The molecule has 0 atom stereocenters. The van der Waals surface area contributed by atoms with Gasteiger partial charge >= 0.3 is 0 Å². The summed E-state index contributed by atoms with van der Waals surface area (Å²) in [5, 5.41) is 12.4. The van der Waals surface area contributed by atoms with E-state index >= 15 is 0 Å². The Hall–Kier alpha value is -7.46. The second-order valence-electron chi connectivity index (χ2n) is 15.2. The van der Waals surface area contributed by atoms with Crippen LogP contribution in [0.1, 0.15) is 0 Å². The van der Waals surface area contributed by atoms with Gasteiger partial charge in [-0.1, -0.05) is 200 Å². The SMILES string of the molecule is c1ccc([Si](c2ccccc2)(c2ccccc2)c2ccc(-c3ccc(N(c4cccc5ccccc45)c4cccc5oc6c7ccccc7ccc6c45)cc3)cc2)cc1. The summed E-state index contributed by atoms with van der Waals surface area (Å²) in [5.41, 5.74) is 7.42. The van der Waals surface area contributed by atoms with E-state index in [4.69, 9.17) is 4.42 Å². The zero-order chi connectivity index (χ0) is 39.2. The van der Waals surface area contributed by atoms with Gasteiger partial charge in [-0.2, -0.15) is 0 Å². The minimum Gasteiger partial charge on any atom is -0.455 e. The zero-order valence-corrected chi connectivity index (χ0v) is 33.4. The fraction of sp³-hybridized carbons (Fsp3) is 0. The van der Waals surface area contributed by atoms with Gasteiger partial charge in [0.1, 0.15) is 11.2 Å². The molecule has 0 unspecified atom stereocenters. The van der Waals surface area contributed by atoms with Gasteiger partial charge in [-0.3, -0.25) is 0 Å². The Morgan fingerprint density at radius 2 is 0.797 bits per heavy atom. The van der Waals surface area contributed by atoms with Crippen LogP contribution in [0, 0.1) is 0 Å². The predicted octanol–water partition coefficient (Wildman–Crippen LogP) is 12.4. The van der Waals surface area contributed by atoms with Crippen molar-refractivity contribution in [3.63, 3.8) is 0 Å². The summed E-state index contributed by atoms with van der Waals surface area (Å²) in [6, 6.07) is 86.3. The van der Waals surface area contributed by atoms with Gasteiger partial charge in [-0.15, -0.1) is 0 Å². The third kappa shape index (κ3) is 5.78. The number of anilines is 3. The quantitative estimate of drug-likeness (QED) is 0.113. The molecule has 0 saturated heterocycles. The lowest BCUT2D eigenvalue weighted by atomic mass is 10.0. The number of fused-ring (bicyclic) bond motifs is 6. The first kappa shape index (κ1) is 34.8. The lowest BCUT2D eigenvalue weighted by Crippen LogP contribution is -2.74. The lowest BCUT2D eigenvalue weighted by Gasteiger charge is -2.34. The van der Waals surface area contributed by atoms with Crippen LogP contribution in [-0.2, 0) is 0 Å². The van der Waals surface area contributed by atoms with Crippen molar-refractivity contribution in [3.8, 4) is 11.1 Å². The molecule has 278 valence electrons. The summed E-state index contributed by atoms with van der Waals surface area (Å²) in [6.07, 6.45) is 0. The topological polar surface area (TPSA) is 16.4 Å². The molecule has 0 fully saturated rings. The number of hydrogen-bond donors (Lipinski definition) is 0. The number of rotatable bonds is 8. The van der Waals surface area contributed by atoms with Crippen LogP contribution >= 0.6 is 0 Å². The van der Waals surface area contributed by atoms with Gasteiger partial charge in [-0.05, 0) is 79.0 Å². The number of benzene rings is 10. The molecule has 0 spiro atoms. The van der Waals surface area contributed by atoms with Crippen molar-refractivity contribution < 1.29 is 4.42 Å². The van der Waals surface area contributed by atoms with E-state index in [2.05, 4.69) is 241 Å². The fourth-order valence-electron chi connectivity index (χ4n) is 9.31. The largest absolute Gasteiger partial charge is 0.455 e. The van der Waals surface area contributed by atoms with Crippen molar-refractivity contribution in [2.75, 3.05) is 4.90 Å². The molecule has 0 N–H and O–H groups in total. The average Bonchev–Trinajstić information content (AvgIpc) is 3.71. The van der Waals surface area contributed by atoms with Gasteiger partial charge in [0.15, 0.2) is 8.07 Å². The van der Waals surface area contributed by atoms with Crippen LogP contribution in [0.3, 0.4) is 0 Å². The highest BCUT2D eigenvalue weighted by atomic mass is 28.3. The Kier molecular flexibility index (Phi) is 8.53. The van der Waals surface area contributed by atoms with Gasteiger partial charge in [0, 0.05) is 21.8 Å². The van der Waals surface area contributed by atoms with Gasteiger partial charge in [0.25, 0.3) is 0 Å². The van der Waals surface area contributed by atoms with Crippen LogP contribution in [0.15, 0.2) is 241 Å². The van der Waals surface area contributed by atoms with Crippen molar-refractivity contribution in [2.24, 2.45) is 0 Å². The Balaban J connectivity index is 1.05. The van der Waals surface area contributed by atoms with Gasteiger partial charge in [-0.25, -0.2) is 0 Å². The summed E-state index contributed by atoms with van der Waals surface area (Å²) >= 11 is 0. The van der Waals surface area contributed by atoms with E-state index in [1.165, 1.54) is 48.0 Å². The highest BCUT2D eigenvalue weighted by Gasteiger charge is 2.41. The fourth-order valence-corrected chi connectivity index (χ4v) is 14.1. The maximum Gasteiger partial charge on any atom is 0.179 e. The Morgan fingerprint density at radius 1 is 0.322 bits per heavy atom. The standard InChI is InChI=1S/C56H39NOSi/c1-4-19-45(20-5-1)59(46-21-6-2-7-22-46,47-23-8-3-9-24-47)48-37-32-41(33-38-48)40-30-35-44(36-31-40)57(52-27-14-18-42-16-10-12-25-49(42)52)53-28-15-29-54-55(53)51-39-34-43-17-11-13-26-50(43)56(51)58-54/h1-39H. The molecule has 0 radical (unpaired) electrons. The molecule has 0 saturated carbocycles. The predicted molar refractivity (Wildman–Crippen MR) is 252 cm³/mol. The molecule has 11 rings (SSSR count). The van der Waals surface area contributed by atoms with Crippen LogP contribution in [-0.4, -0.2) is 8.07 Å². The molecule has 1 aromatic heterocycles. The summed E-state index contributed by atoms with van der Waals surface area (Å²) in [6.45, 7) is 0. The molecule has 10 aromatic carbocycles. The van der Waals surface area contributed by atoms with Gasteiger partial charge < -0.3 is 9.32 Å². The van der Waals surface area contributed by atoms with Crippen LogP contribution in [0.5, 0.6) is 0 Å². The molecular weight excluding hydrogens is 731 g/mol. The zero-order valence-electron chi connectivity index (χ0n) is 32.4. The van der Waals surface area contributed by atoms with Crippen molar-refractivity contribution in [1.29, 1.82) is 0 Å². The van der Waals surface area contributed by atoms with Gasteiger partial charge in [0.05, 0.1) is 16.8 Å². The maximum absolute atomic E-state index is 6.69. The van der Waals surface area contributed by atoms with E-state index < -0.39 is 8.07 Å². The summed E-state index contributed by atoms with van der Waals surface area (Å²) in [7, 11) is -2.61. The first-order valence-corrected chi connectivity index (χ1v) is 22.3. The molecule has 0 bridgehead atoms. The smallest absolute Gasteiger partial charge is 0.179 e. The second-order valence-corrected chi connectivity index (χ2v) is 19.0. The van der Waals surface area contributed by atoms with E-state index in [0.717, 1.165) is 44.4 Å². The monoisotopic (exact) mass is 769 g/mol. The van der Waals surface area contributed by atoms with Crippen LogP contribution in [0.2, 0.25) is 0 Å². The van der Waals surface area contributed by atoms with Crippen LogP contribution in [0.4, 0.5) is 17.1 Å². The minimum atomic E-state index is -2.61. The van der Waals surface area contributed by atoms with Crippen LogP contribution < -0.4 is 25.6 Å². The normalized spacial score (nSPS) is 11.7. The molecule has 2 nitrogen and oxygen atoms in total. The molecule has 1 heterocycles. The summed E-state index contributed by atoms with van der Waals surface area (Å²) < 4.78 is 6.69. The average molecular weight is 770 g/mol. The number of furan rings is 1. The van der Waals surface area contributed by atoms with Crippen LogP contribution in [0.25, 0.3) is 54.6 Å². The number of nitrogens with zero attached hydrogens (tertiary/aromatic N) is 1. The van der Waals surface area contributed by atoms with E-state index in [1.807, 2.05) is 0 Å². The van der Waals surface area contributed by atoms with E-state index in [9.17, 15) is 0 Å². The van der Waals surface area contributed by atoms with Crippen molar-refractivity contribution in [1.82, 2.24) is 0 Å².